The number of nitrogens with zero attached hydrogens (tertiary/aromatic N) is 1. The van der Waals surface area contributed by atoms with Gasteiger partial charge in [0, 0.05) is 18.0 Å². The minimum absolute atomic E-state index is 0.260. The van der Waals surface area contributed by atoms with Crippen molar-refractivity contribution in [3.05, 3.63) is 29.8 Å². The van der Waals surface area contributed by atoms with Gasteiger partial charge < -0.3 is 4.90 Å². The maximum Gasteiger partial charge on any atom is 0.232 e. The van der Waals surface area contributed by atoms with Crippen LogP contribution in [0.5, 0.6) is 0 Å². The highest BCUT2D eigenvalue weighted by atomic mass is 32.2. The molecule has 1 aromatic carbocycles. The minimum atomic E-state index is 0.260. The van der Waals surface area contributed by atoms with Crippen molar-refractivity contribution in [1.82, 2.24) is 4.90 Å². The molecule has 0 aliphatic heterocycles. The molecule has 0 aromatic heterocycles. The molecule has 0 saturated heterocycles. The van der Waals surface area contributed by atoms with Crippen molar-refractivity contribution in [1.29, 1.82) is 0 Å². The van der Waals surface area contributed by atoms with Gasteiger partial charge in [0.25, 0.3) is 0 Å². The Bertz CT molecular complexity index is 452. The summed E-state index contributed by atoms with van der Waals surface area (Å²) in [5.74, 6) is 1.64. The molecular weight excluding hydrogens is 266 g/mol. The van der Waals surface area contributed by atoms with Crippen LogP contribution >= 0.6 is 11.8 Å². The van der Waals surface area contributed by atoms with Gasteiger partial charge in [-0.15, -0.1) is 11.8 Å². The Labute approximate surface area is 126 Å². The lowest BCUT2D eigenvalue weighted by atomic mass is 9.87. The van der Waals surface area contributed by atoms with E-state index >= 15 is 0 Å². The zero-order valence-corrected chi connectivity index (χ0v) is 13.6. The summed E-state index contributed by atoms with van der Waals surface area (Å²) in [6, 6.07) is 8.81. The molecule has 0 heterocycles. The molecule has 0 N–H and O–H groups in total. The van der Waals surface area contributed by atoms with E-state index in [9.17, 15) is 4.79 Å². The van der Waals surface area contributed by atoms with Gasteiger partial charge in [0.2, 0.25) is 5.91 Å². The second-order valence-corrected chi connectivity index (χ2v) is 7.07. The van der Waals surface area contributed by atoms with Gasteiger partial charge in [0.1, 0.15) is 0 Å². The number of thioether (sulfide) groups is 1. The van der Waals surface area contributed by atoms with Crippen LogP contribution in [0.25, 0.3) is 0 Å². The highest BCUT2D eigenvalue weighted by molar-refractivity contribution is 8.00. The van der Waals surface area contributed by atoms with Crippen molar-refractivity contribution >= 4 is 17.7 Å². The fourth-order valence-corrected chi connectivity index (χ4v) is 3.72. The van der Waals surface area contributed by atoms with Crippen LogP contribution in [0.3, 0.4) is 0 Å². The predicted octanol–water partition coefficient (Wildman–Crippen LogP) is 4.12. The molecule has 1 amide bonds. The third kappa shape index (κ3) is 4.27. The third-order valence-electron chi connectivity index (χ3n) is 4.28. The summed E-state index contributed by atoms with van der Waals surface area (Å²) < 4.78 is 0. The van der Waals surface area contributed by atoms with Gasteiger partial charge in [0.15, 0.2) is 0 Å². The van der Waals surface area contributed by atoms with Gasteiger partial charge in [-0.1, -0.05) is 24.6 Å². The first-order valence-electron chi connectivity index (χ1n) is 7.51. The van der Waals surface area contributed by atoms with Gasteiger partial charge in [-0.2, -0.15) is 0 Å². The Kier molecular flexibility index (Phi) is 5.53. The van der Waals surface area contributed by atoms with E-state index in [1.54, 1.807) is 11.8 Å². The van der Waals surface area contributed by atoms with E-state index in [0.717, 1.165) is 5.92 Å². The van der Waals surface area contributed by atoms with E-state index in [-0.39, 0.29) is 5.91 Å². The lowest BCUT2D eigenvalue weighted by Crippen LogP contribution is -2.40. The van der Waals surface area contributed by atoms with Crippen LogP contribution in [-0.4, -0.2) is 29.6 Å². The molecule has 2 rings (SSSR count). The van der Waals surface area contributed by atoms with E-state index in [2.05, 4.69) is 32.0 Å². The predicted molar refractivity (Wildman–Crippen MR) is 86.1 cm³/mol. The third-order valence-corrected chi connectivity index (χ3v) is 5.26. The minimum Gasteiger partial charge on any atom is -0.342 e. The van der Waals surface area contributed by atoms with Crippen LogP contribution in [-0.2, 0) is 4.79 Å². The molecule has 3 heteroatoms. The summed E-state index contributed by atoms with van der Waals surface area (Å²) in [5, 5.41) is 0. The zero-order chi connectivity index (χ0) is 14.5. The van der Waals surface area contributed by atoms with E-state index in [0.29, 0.717) is 11.8 Å². The van der Waals surface area contributed by atoms with Gasteiger partial charge >= 0.3 is 0 Å². The molecule has 1 aliphatic carbocycles. The summed E-state index contributed by atoms with van der Waals surface area (Å²) in [7, 11) is 1.97. The monoisotopic (exact) mass is 291 g/mol. The zero-order valence-electron chi connectivity index (χ0n) is 12.8. The number of hydrogen-bond donors (Lipinski definition) is 0. The fraction of sp³-hybridized carbons (Fsp3) is 0.588. The molecule has 0 bridgehead atoms. The average molecular weight is 291 g/mol. The molecule has 1 fully saturated rings. The quantitative estimate of drug-likeness (QED) is 0.778. The van der Waals surface area contributed by atoms with Crippen molar-refractivity contribution in [2.24, 2.45) is 5.92 Å². The summed E-state index contributed by atoms with van der Waals surface area (Å²) in [6.45, 7) is 4.40. The first-order chi connectivity index (χ1) is 9.56. The lowest BCUT2D eigenvalue weighted by Gasteiger charge is -2.33. The normalized spacial score (nSPS) is 22.6. The van der Waals surface area contributed by atoms with Gasteiger partial charge in [-0.25, -0.2) is 0 Å². The SMILES string of the molecule is Cc1cccc(SCC(=O)N(C)C2CCC(C)CC2)c1. The Hall–Kier alpha value is -0.960. The highest BCUT2D eigenvalue weighted by Crippen LogP contribution is 2.27. The number of hydrogen-bond acceptors (Lipinski definition) is 2. The molecule has 0 radical (unpaired) electrons. The average Bonchev–Trinajstić information content (AvgIpc) is 2.45. The van der Waals surface area contributed by atoms with Crippen LogP contribution in [0, 0.1) is 12.8 Å². The van der Waals surface area contributed by atoms with E-state index in [1.165, 1.54) is 36.1 Å². The molecule has 0 spiro atoms. The van der Waals surface area contributed by atoms with E-state index < -0.39 is 0 Å². The Morgan fingerprint density at radius 1 is 1.30 bits per heavy atom. The van der Waals surface area contributed by atoms with Crippen molar-refractivity contribution in [3.8, 4) is 0 Å². The van der Waals surface area contributed by atoms with Crippen molar-refractivity contribution in [2.75, 3.05) is 12.8 Å². The molecule has 110 valence electrons. The van der Waals surface area contributed by atoms with Crippen LogP contribution in [0.15, 0.2) is 29.2 Å². The van der Waals surface area contributed by atoms with Crippen LogP contribution < -0.4 is 0 Å². The molecule has 1 saturated carbocycles. The molecule has 0 unspecified atom stereocenters. The summed E-state index contributed by atoms with van der Waals surface area (Å²) in [6.07, 6.45) is 4.84. The standard InChI is InChI=1S/C17H25NOS/c1-13-7-9-15(10-8-13)18(3)17(19)12-20-16-6-4-5-14(2)11-16/h4-6,11,13,15H,7-10,12H2,1-3H3. The largest absolute Gasteiger partial charge is 0.342 e. The number of rotatable bonds is 4. The summed E-state index contributed by atoms with van der Waals surface area (Å²) in [4.78, 5) is 15.5. The highest BCUT2D eigenvalue weighted by Gasteiger charge is 2.24. The fourth-order valence-electron chi connectivity index (χ4n) is 2.79. The maximum absolute atomic E-state index is 12.3. The molecule has 20 heavy (non-hydrogen) atoms. The van der Waals surface area contributed by atoms with Crippen molar-refractivity contribution < 1.29 is 4.79 Å². The molecule has 1 aliphatic rings. The number of benzene rings is 1. The van der Waals surface area contributed by atoms with E-state index in [1.807, 2.05) is 18.0 Å². The van der Waals surface area contributed by atoms with Crippen LogP contribution in [0.2, 0.25) is 0 Å². The summed E-state index contributed by atoms with van der Waals surface area (Å²) >= 11 is 1.64. The first kappa shape index (κ1) is 15.4. The maximum atomic E-state index is 12.3. The smallest absolute Gasteiger partial charge is 0.232 e. The van der Waals surface area contributed by atoms with E-state index in [4.69, 9.17) is 0 Å². The molecule has 1 aromatic rings. The number of carbonyl (C=O) groups excluding carboxylic acids is 1. The molecular formula is C17H25NOS. The Morgan fingerprint density at radius 2 is 2.00 bits per heavy atom. The van der Waals surface area contributed by atoms with Crippen LogP contribution in [0.1, 0.15) is 38.2 Å². The molecule has 0 atom stereocenters. The van der Waals surface area contributed by atoms with Crippen LogP contribution in [0.4, 0.5) is 0 Å². The Morgan fingerprint density at radius 3 is 2.65 bits per heavy atom. The second-order valence-electron chi connectivity index (χ2n) is 6.02. The molecule has 2 nitrogen and oxygen atoms in total. The number of carbonyl (C=O) groups is 1. The topological polar surface area (TPSA) is 20.3 Å². The number of aryl methyl sites for hydroxylation is 1. The van der Waals surface area contributed by atoms with Crippen molar-refractivity contribution in [2.45, 2.75) is 50.5 Å². The first-order valence-corrected chi connectivity index (χ1v) is 8.50. The number of amides is 1. The van der Waals surface area contributed by atoms with Crippen molar-refractivity contribution in [3.63, 3.8) is 0 Å². The van der Waals surface area contributed by atoms with Gasteiger partial charge in [0.05, 0.1) is 5.75 Å². The summed E-state index contributed by atoms with van der Waals surface area (Å²) in [5.41, 5.74) is 1.25. The second kappa shape index (κ2) is 7.16. The Balaban J connectivity index is 1.82. The van der Waals surface area contributed by atoms with Gasteiger partial charge in [-0.3, -0.25) is 4.79 Å². The van der Waals surface area contributed by atoms with Gasteiger partial charge in [-0.05, 0) is 50.7 Å². The lowest BCUT2D eigenvalue weighted by molar-refractivity contribution is -0.129.